The molecule has 2 aliphatic carbocycles. The van der Waals surface area contributed by atoms with Crippen molar-refractivity contribution in [3.63, 3.8) is 0 Å². The minimum absolute atomic E-state index is 0. The summed E-state index contributed by atoms with van der Waals surface area (Å²) in [4.78, 5) is 2.56. The van der Waals surface area contributed by atoms with Gasteiger partial charge in [-0.2, -0.15) is 17.7 Å². The standard InChI is InChI=1S/C38H31N2.Cm/c1-26-25-29(39-35-15-6-3-11-31(35)32-12-4-7-16-36(32)39)22-23-30(26)27-18-20-28(21-19-27)40-37-17-8-5-13-33(37)34-14-9-10-24-38(34,40)2;/h3-17,21-25,34H,18,20H2,1-2H3;/q-1;. The smallest absolute Gasteiger partial charge is 0.0594 e. The number of aryl methyl sites for hydroxylation is 1. The third-order valence-electron chi connectivity index (χ3n) is 9.18. The van der Waals surface area contributed by atoms with Crippen molar-refractivity contribution in [3.05, 3.63) is 150 Å². The summed E-state index contributed by atoms with van der Waals surface area (Å²) >= 11 is 0. The molecular formula is C38H31CmN2-. The zero-order valence-electron chi connectivity index (χ0n) is 23.3. The fraction of sp³-hybridized carbons (Fsp3) is 0.158. The van der Waals surface area contributed by atoms with E-state index in [1.54, 1.807) is 0 Å². The molecule has 8 rings (SSSR count). The average Bonchev–Trinajstić information content (AvgIpc) is 3.47. The van der Waals surface area contributed by atoms with Gasteiger partial charge >= 0.3 is 0 Å². The number of anilines is 1. The van der Waals surface area contributed by atoms with Crippen molar-refractivity contribution in [2.24, 2.45) is 0 Å². The van der Waals surface area contributed by atoms with Crippen LogP contribution in [0.4, 0.5) is 5.69 Å². The largest absolute Gasteiger partial charge is 0.388 e. The van der Waals surface area contributed by atoms with E-state index in [1.165, 1.54) is 61.1 Å². The van der Waals surface area contributed by atoms with Gasteiger partial charge in [0.2, 0.25) is 0 Å². The second kappa shape index (κ2) is 8.99. The average molecular weight is 763 g/mol. The van der Waals surface area contributed by atoms with Crippen molar-refractivity contribution in [1.29, 1.82) is 0 Å². The summed E-state index contributed by atoms with van der Waals surface area (Å²) in [6.07, 6.45) is 17.1. The Morgan fingerprint density at radius 1 is 0.805 bits per heavy atom. The van der Waals surface area contributed by atoms with Gasteiger partial charge < -0.3 is 9.47 Å². The number of allylic oxidation sites excluding steroid dienone is 6. The number of hydrogen-bond donors (Lipinski definition) is 0. The summed E-state index contributed by atoms with van der Waals surface area (Å²) in [6, 6.07) is 33.2. The van der Waals surface area contributed by atoms with Crippen LogP contribution in [0, 0.1) is 13.0 Å². The van der Waals surface area contributed by atoms with Crippen LogP contribution in [0.3, 0.4) is 0 Å². The molecule has 0 fully saturated rings. The van der Waals surface area contributed by atoms with Crippen LogP contribution in [-0.4, -0.2) is 10.1 Å². The van der Waals surface area contributed by atoms with Gasteiger partial charge in [0.15, 0.2) is 0 Å². The minimum atomic E-state index is -0.0800. The first-order chi connectivity index (χ1) is 19.6. The van der Waals surface area contributed by atoms with Gasteiger partial charge in [-0.3, -0.25) is 0 Å². The first-order valence-corrected chi connectivity index (χ1v) is 14.3. The first kappa shape index (κ1) is 24.5. The molecule has 2 atom stereocenters. The molecule has 41 heavy (non-hydrogen) atoms. The van der Waals surface area contributed by atoms with Gasteiger partial charge in [-0.05, 0) is 42.8 Å². The summed E-state index contributed by atoms with van der Waals surface area (Å²) in [5, 5.41) is 2.59. The number of rotatable bonds is 3. The summed E-state index contributed by atoms with van der Waals surface area (Å²) < 4.78 is 2.40. The van der Waals surface area contributed by atoms with E-state index >= 15 is 0 Å². The van der Waals surface area contributed by atoms with Gasteiger partial charge in [0.05, 0.1) is 16.6 Å². The van der Waals surface area contributed by atoms with Gasteiger partial charge in [-0.25, -0.2) is 0 Å². The van der Waals surface area contributed by atoms with Gasteiger partial charge in [-0.1, -0.05) is 110 Å². The van der Waals surface area contributed by atoms with E-state index in [1.807, 2.05) is 0 Å². The fourth-order valence-corrected chi connectivity index (χ4v) is 7.32. The van der Waals surface area contributed by atoms with Crippen molar-refractivity contribution >= 4 is 33.1 Å². The maximum Gasteiger partial charge on any atom is 0.0594 e. The second-order valence-corrected chi connectivity index (χ2v) is 11.5. The number of aromatic nitrogens is 1. The second-order valence-electron chi connectivity index (χ2n) is 11.5. The molecule has 2 unspecified atom stereocenters. The molecule has 0 saturated carbocycles. The SMILES string of the molecule is Cc1cc(-n2c3ccccc3c3ccccc32)ccc1C1=[C-]C=C(N2c3ccccc3C3C=CC=CC32C)CC1.[Cm]. The molecule has 2 heterocycles. The van der Waals surface area contributed by atoms with Crippen LogP contribution in [-0.2, 0) is 0 Å². The Hall–Kier alpha value is -5.56. The third kappa shape index (κ3) is 3.45. The Morgan fingerprint density at radius 2 is 1.51 bits per heavy atom. The van der Waals surface area contributed by atoms with Crippen LogP contribution < -0.4 is 4.90 Å². The van der Waals surface area contributed by atoms with E-state index in [2.05, 4.69) is 151 Å². The number of fused-ring (bicyclic) bond motifs is 6. The van der Waals surface area contributed by atoms with Gasteiger partial charge in [0.1, 0.15) is 0 Å². The van der Waals surface area contributed by atoms with E-state index in [0.717, 1.165) is 12.8 Å². The first-order valence-electron chi connectivity index (χ1n) is 14.3. The molecule has 4 aromatic carbocycles. The predicted molar refractivity (Wildman–Crippen MR) is 168 cm³/mol. The molecule has 0 N–H and O–H groups in total. The Labute approximate surface area is 235 Å². The van der Waals surface area contributed by atoms with Gasteiger partial charge in [0.25, 0.3) is 0 Å². The van der Waals surface area contributed by atoms with E-state index < -0.39 is 0 Å². The molecule has 0 bridgehead atoms. The Morgan fingerprint density at radius 3 is 2.22 bits per heavy atom. The van der Waals surface area contributed by atoms with Crippen LogP contribution in [0.25, 0.3) is 33.1 Å². The molecule has 0 saturated heterocycles. The van der Waals surface area contributed by atoms with Gasteiger partial charge in [0, 0.05) is 28.1 Å². The number of benzene rings is 4. The molecular weight excluding hydrogens is 731 g/mol. The quantitative estimate of drug-likeness (QED) is 0.167. The molecule has 5 aromatic rings. The molecule has 1 aliphatic heterocycles. The van der Waals surface area contributed by atoms with Crippen molar-refractivity contribution < 1.29 is 0 Å². The molecule has 1 aromatic heterocycles. The molecule has 0 radical (unpaired) electrons. The van der Waals surface area contributed by atoms with Crippen molar-refractivity contribution in [3.8, 4) is 5.69 Å². The summed E-state index contributed by atoms with van der Waals surface area (Å²) in [6.45, 7) is 4.61. The van der Waals surface area contributed by atoms with E-state index in [9.17, 15) is 0 Å². The number of para-hydroxylation sites is 3. The predicted octanol–water partition coefficient (Wildman–Crippen LogP) is 9.44. The monoisotopic (exact) mass is 758 g/mol. The maximum absolute atomic E-state index is 3.72. The zero-order chi connectivity index (χ0) is 26.8. The Kier molecular flexibility index (Phi) is 5.37. The third-order valence-corrected chi connectivity index (χ3v) is 9.18. The molecule has 0 spiro atoms. The van der Waals surface area contributed by atoms with Crippen molar-refractivity contribution in [2.45, 2.75) is 38.1 Å². The summed E-state index contributed by atoms with van der Waals surface area (Å²) in [7, 11) is 0. The van der Waals surface area contributed by atoms with E-state index in [-0.39, 0.29) is 5.54 Å². The normalized spacial score (nSPS) is 20.9. The Balaban J connectivity index is 0.00000276. The minimum Gasteiger partial charge on any atom is -0.388 e. The van der Waals surface area contributed by atoms with Crippen molar-refractivity contribution in [1.82, 2.24) is 4.57 Å². The van der Waals surface area contributed by atoms with Gasteiger partial charge in [-0.15, -0.1) is 11.6 Å². The molecule has 2 nitrogen and oxygen atoms in total. The van der Waals surface area contributed by atoms with Crippen LogP contribution in [0.15, 0.2) is 127 Å². The zero-order valence-corrected chi connectivity index (χ0v) is 26.2. The summed E-state index contributed by atoms with van der Waals surface area (Å²) in [5.41, 5.74) is 11.6. The van der Waals surface area contributed by atoms with Crippen LogP contribution in [0.2, 0.25) is 0 Å². The maximum atomic E-state index is 3.72. The Bertz CT molecular complexity index is 1900. The van der Waals surface area contributed by atoms with E-state index in [0.29, 0.717) is 5.92 Å². The fourth-order valence-electron chi connectivity index (χ4n) is 7.32. The van der Waals surface area contributed by atoms with Crippen molar-refractivity contribution in [2.75, 3.05) is 4.90 Å². The number of nitrogens with zero attached hydrogens (tertiary/aromatic N) is 2. The topological polar surface area (TPSA) is 8.17 Å². The molecule has 0 amide bonds. The van der Waals surface area contributed by atoms with Crippen LogP contribution in [0.5, 0.6) is 0 Å². The molecule has 3 aliphatic rings. The van der Waals surface area contributed by atoms with Crippen LogP contribution >= 0.6 is 0 Å². The number of hydrogen-bond acceptors (Lipinski definition) is 1. The van der Waals surface area contributed by atoms with E-state index in [4.69, 9.17) is 0 Å². The molecule has 3 heteroatoms. The summed E-state index contributed by atoms with van der Waals surface area (Å²) in [5.74, 6) is 0.371. The van der Waals surface area contributed by atoms with Crippen LogP contribution in [0.1, 0.15) is 42.4 Å². The molecule has 202 valence electrons.